The Kier molecular flexibility index (Phi) is 13.0. The van der Waals surface area contributed by atoms with Crippen LogP contribution in [0.25, 0.3) is 0 Å². The fourth-order valence-electron chi connectivity index (χ4n) is 4.18. The highest BCUT2D eigenvalue weighted by molar-refractivity contribution is 4.63. The molecule has 1 heteroatoms. The standard InChI is InChI=1S/C23H48N/c1-4-5-6-7-8-9-10-11-12-13-14-15-16-17-18-19-21-24(3)22-20-23(24)2/h23H,4-22H2,1-3H3/q+1. The minimum Gasteiger partial charge on any atom is -0.323 e. The minimum absolute atomic E-state index is 0.932. The van der Waals surface area contributed by atoms with Crippen LogP contribution in [0.2, 0.25) is 0 Å². The molecule has 0 N–H and O–H groups in total. The van der Waals surface area contributed by atoms with Gasteiger partial charge in [0.25, 0.3) is 0 Å². The van der Waals surface area contributed by atoms with Crippen LogP contribution in [0.4, 0.5) is 0 Å². The number of hydrogen-bond acceptors (Lipinski definition) is 0. The Labute approximate surface area is 154 Å². The molecule has 24 heavy (non-hydrogen) atoms. The summed E-state index contributed by atoms with van der Waals surface area (Å²) in [7, 11) is 2.46. The largest absolute Gasteiger partial charge is 0.323 e. The molecule has 144 valence electrons. The Morgan fingerprint density at radius 1 is 0.625 bits per heavy atom. The SMILES string of the molecule is CCCCCCCCCCCCCCCCCC[N+]1(C)CCC1C. The summed E-state index contributed by atoms with van der Waals surface area (Å²) in [5.74, 6) is 0. The fourth-order valence-corrected chi connectivity index (χ4v) is 4.18. The lowest BCUT2D eigenvalue weighted by molar-refractivity contribution is -0.970. The van der Waals surface area contributed by atoms with Gasteiger partial charge in [-0.05, 0) is 19.8 Å². The van der Waals surface area contributed by atoms with E-state index in [0.717, 1.165) is 6.04 Å². The Balaban J connectivity index is 1.69. The maximum atomic E-state index is 2.46. The summed E-state index contributed by atoms with van der Waals surface area (Å²) in [4.78, 5) is 0. The normalized spacial score (nSPS) is 23.4. The molecule has 2 unspecified atom stereocenters. The Morgan fingerprint density at radius 3 is 1.29 bits per heavy atom. The topological polar surface area (TPSA) is 0 Å². The van der Waals surface area contributed by atoms with Crippen LogP contribution in [-0.4, -0.2) is 30.7 Å². The van der Waals surface area contributed by atoms with E-state index in [1.165, 1.54) is 127 Å². The minimum atomic E-state index is 0.932. The van der Waals surface area contributed by atoms with Crippen molar-refractivity contribution in [1.82, 2.24) is 0 Å². The summed E-state index contributed by atoms with van der Waals surface area (Å²) >= 11 is 0. The van der Waals surface area contributed by atoms with Gasteiger partial charge in [0, 0.05) is 6.42 Å². The van der Waals surface area contributed by atoms with Crippen molar-refractivity contribution in [3.05, 3.63) is 0 Å². The number of nitrogens with zero attached hydrogens (tertiary/aromatic N) is 1. The Hall–Kier alpha value is -0.0400. The summed E-state index contributed by atoms with van der Waals surface area (Å²) in [5, 5.41) is 0. The summed E-state index contributed by atoms with van der Waals surface area (Å²) < 4.78 is 1.36. The van der Waals surface area contributed by atoms with Gasteiger partial charge in [-0.15, -0.1) is 0 Å². The van der Waals surface area contributed by atoms with E-state index in [-0.39, 0.29) is 0 Å². The first-order valence-electron chi connectivity index (χ1n) is 11.5. The number of quaternary nitrogens is 1. The second kappa shape index (κ2) is 14.2. The van der Waals surface area contributed by atoms with Crippen LogP contribution in [0.5, 0.6) is 0 Å². The van der Waals surface area contributed by atoms with Crippen LogP contribution in [0.3, 0.4) is 0 Å². The molecule has 1 aliphatic heterocycles. The molecule has 0 aromatic heterocycles. The van der Waals surface area contributed by atoms with Gasteiger partial charge in [0.15, 0.2) is 0 Å². The number of rotatable bonds is 17. The molecule has 1 saturated heterocycles. The molecule has 1 fully saturated rings. The number of hydrogen-bond donors (Lipinski definition) is 0. The second-order valence-electron chi connectivity index (χ2n) is 8.87. The molecule has 0 radical (unpaired) electrons. The highest BCUT2D eigenvalue weighted by atomic mass is 15.4. The molecular formula is C23H48N+. The smallest absolute Gasteiger partial charge is 0.0914 e. The molecule has 1 nitrogen and oxygen atoms in total. The highest BCUT2D eigenvalue weighted by Crippen LogP contribution is 2.26. The van der Waals surface area contributed by atoms with Gasteiger partial charge < -0.3 is 4.48 Å². The van der Waals surface area contributed by atoms with E-state index in [1.54, 1.807) is 0 Å². The first kappa shape index (κ1) is 22.0. The van der Waals surface area contributed by atoms with Crippen molar-refractivity contribution in [1.29, 1.82) is 0 Å². The van der Waals surface area contributed by atoms with Crippen LogP contribution >= 0.6 is 0 Å². The molecule has 1 aliphatic rings. The van der Waals surface area contributed by atoms with Crippen LogP contribution in [0.1, 0.15) is 123 Å². The molecule has 0 saturated carbocycles. The molecule has 0 bridgehead atoms. The zero-order valence-electron chi connectivity index (χ0n) is 17.5. The molecule has 0 aromatic carbocycles. The van der Waals surface area contributed by atoms with E-state index in [9.17, 15) is 0 Å². The predicted octanol–water partition coefficient (Wildman–Crippen LogP) is 7.49. The molecule has 1 heterocycles. The van der Waals surface area contributed by atoms with Crippen molar-refractivity contribution < 1.29 is 4.48 Å². The summed E-state index contributed by atoms with van der Waals surface area (Å²) in [6.45, 7) is 7.59. The van der Waals surface area contributed by atoms with Crippen molar-refractivity contribution >= 4 is 0 Å². The third-order valence-electron chi connectivity index (χ3n) is 6.64. The van der Waals surface area contributed by atoms with Crippen molar-refractivity contribution in [2.24, 2.45) is 0 Å². The van der Waals surface area contributed by atoms with E-state index in [0.29, 0.717) is 0 Å². The van der Waals surface area contributed by atoms with Gasteiger partial charge in [-0.25, -0.2) is 0 Å². The Bertz CT molecular complexity index is 275. The summed E-state index contributed by atoms with van der Waals surface area (Å²) in [6, 6.07) is 0.932. The van der Waals surface area contributed by atoms with E-state index in [4.69, 9.17) is 0 Å². The highest BCUT2D eigenvalue weighted by Gasteiger charge is 2.37. The van der Waals surface area contributed by atoms with Crippen molar-refractivity contribution in [3.8, 4) is 0 Å². The molecule has 0 spiro atoms. The van der Waals surface area contributed by atoms with Crippen LogP contribution in [0, 0.1) is 0 Å². The van der Waals surface area contributed by atoms with Crippen molar-refractivity contribution in [2.45, 2.75) is 129 Å². The van der Waals surface area contributed by atoms with E-state index in [1.807, 2.05) is 0 Å². The van der Waals surface area contributed by atoms with Gasteiger partial charge in [-0.2, -0.15) is 0 Å². The van der Waals surface area contributed by atoms with Crippen molar-refractivity contribution in [2.75, 3.05) is 20.1 Å². The van der Waals surface area contributed by atoms with Gasteiger partial charge in [-0.3, -0.25) is 0 Å². The predicted molar refractivity (Wildman–Crippen MR) is 110 cm³/mol. The van der Waals surface area contributed by atoms with E-state index < -0.39 is 0 Å². The molecular weight excluding hydrogens is 290 g/mol. The summed E-state index contributed by atoms with van der Waals surface area (Å²) in [6.07, 6.45) is 25.0. The lowest BCUT2D eigenvalue weighted by Crippen LogP contribution is -2.61. The first-order chi connectivity index (χ1) is 11.7. The molecule has 0 aliphatic carbocycles. The molecule has 2 atom stereocenters. The zero-order valence-corrected chi connectivity index (χ0v) is 17.5. The van der Waals surface area contributed by atoms with Crippen LogP contribution in [0.15, 0.2) is 0 Å². The number of likely N-dealkylation sites (tertiary alicyclic amines) is 1. The molecule has 0 amide bonds. The lowest BCUT2D eigenvalue weighted by Gasteiger charge is -2.48. The Morgan fingerprint density at radius 2 is 1.00 bits per heavy atom. The van der Waals surface area contributed by atoms with Gasteiger partial charge in [-0.1, -0.05) is 96.8 Å². The number of unbranched alkanes of at least 4 members (excludes halogenated alkanes) is 15. The maximum Gasteiger partial charge on any atom is 0.0914 e. The van der Waals surface area contributed by atoms with Gasteiger partial charge in [0.1, 0.15) is 0 Å². The third kappa shape index (κ3) is 10.1. The second-order valence-corrected chi connectivity index (χ2v) is 8.87. The van der Waals surface area contributed by atoms with Crippen molar-refractivity contribution in [3.63, 3.8) is 0 Å². The lowest BCUT2D eigenvalue weighted by atomic mass is 9.99. The fraction of sp³-hybridized carbons (Fsp3) is 1.00. The first-order valence-corrected chi connectivity index (χ1v) is 11.5. The average Bonchev–Trinajstić information content (AvgIpc) is 2.59. The van der Waals surface area contributed by atoms with Gasteiger partial charge in [0.2, 0.25) is 0 Å². The molecule has 0 aromatic rings. The van der Waals surface area contributed by atoms with Crippen LogP contribution in [-0.2, 0) is 0 Å². The quantitative estimate of drug-likeness (QED) is 0.190. The zero-order chi connectivity index (χ0) is 17.5. The van der Waals surface area contributed by atoms with Gasteiger partial charge >= 0.3 is 0 Å². The monoisotopic (exact) mass is 338 g/mol. The third-order valence-corrected chi connectivity index (χ3v) is 6.64. The molecule has 1 rings (SSSR count). The van der Waals surface area contributed by atoms with E-state index in [2.05, 4.69) is 20.9 Å². The summed E-state index contributed by atoms with van der Waals surface area (Å²) in [5.41, 5.74) is 0. The van der Waals surface area contributed by atoms with Crippen LogP contribution < -0.4 is 0 Å². The maximum absolute atomic E-state index is 2.46. The van der Waals surface area contributed by atoms with Gasteiger partial charge in [0.05, 0.1) is 26.2 Å². The average molecular weight is 339 g/mol. The van der Waals surface area contributed by atoms with E-state index >= 15 is 0 Å².